The number of hydrogen-bond acceptors (Lipinski definition) is 0. The van der Waals surface area contributed by atoms with E-state index >= 15 is 0 Å². The van der Waals surface area contributed by atoms with Crippen molar-refractivity contribution >= 4 is 17.1 Å². The largest absolute Gasteiger partial charge is 0.323 e. The van der Waals surface area contributed by atoms with E-state index in [0.29, 0.717) is 5.41 Å². The molecule has 2 aromatic rings. The van der Waals surface area contributed by atoms with Gasteiger partial charge >= 0.3 is 0 Å². The smallest absolute Gasteiger partial charge is 0.0562 e. The normalized spacial score (nSPS) is 21.3. The molecule has 1 nitrogen and oxygen atoms in total. The lowest BCUT2D eigenvalue weighted by Crippen LogP contribution is -2.25. The predicted octanol–water partition coefficient (Wildman–Crippen LogP) is 4.72. The third kappa shape index (κ3) is 1.33. The summed E-state index contributed by atoms with van der Waals surface area (Å²) in [5.41, 5.74) is 3.33. The first-order valence-corrected chi connectivity index (χ1v) is 7.19. The van der Waals surface area contributed by atoms with Gasteiger partial charge < -0.3 is 4.57 Å². The molecule has 1 spiro atoms. The van der Waals surface area contributed by atoms with Crippen molar-refractivity contribution in [2.45, 2.75) is 43.9 Å². The molecule has 0 N–H and O–H groups in total. The number of nitrogens with zero attached hydrogens (tertiary/aromatic N) is 1. The minimum absolute atomic E-state index is 0.324. The molecule has 2 heterocycles. The molecule has 4 rings (SSSR count). The predicted molar refractivity (Wildman–Crippen MR) is 76.6 cm³/mol. The lowest BCUT2D eigenvalue weighted by atomic mass is 9.73. The van der Waals surface area contributed by atoms with Crippen molar-refractivity contribution in [3.63, 3.8) is 0 Å². The quantitative estimate of drug-likeness (QED) is 0.625. The first kappa shape index (κ1) is 10.4. The summed E-state index contributed by atoms with van der Waals surface area (Å²) in [5.74, 6) is 0. The summed E-state index contributed by atoms with van der Waals surface area (Å²) in [6.45, 7) is 0. The van der Waals surface area contributed by atoms with Crippen molar-refractivity contribution in [2.24, 2.45) is 0 Å². The summed E-state index contributed by atoms with van der Waals surface area (Å²) < 4.78 is 2.29. The second-order valence-corrected chi connectivity index (χ2v) is 5.85. The lowest BCUT2D eigenvalue weighted by Gasteiger charge is -2.33. The first-order valence-electron chi connectivity index (χ1n) is 7.19. The molecule has 1 heteroatoms. The molecule has 0 unspecified atom stereocenters. The van der Waals surface area contributed by atoms with E-state index in [1.807, 2.05) is 0 Å². The van der Waals surface area contributed by atoms with Gasteiger partial charge in [0.15, 0.2) is 0 Å². The molecule has 1 saturated carbocycles. The van der Waals surface area contributed by atoms with Gasteiger partial charge in [0.1, 0.15) is 0 Å². The topological polar surface area (TPSA) is 4.93 Å². The molecule has 1 aromatic carbocycles. The van der Waals surface area contributed by atoms with Crippen LogP contribution in [0.4, 0.5) is 0 Å². The van der Waals surface area contributed by atoms with E-state index in [4.69, 9.17) is 0 Å². The highest BCUT2D eigenvalue weighted by Crippen LogP contribution is 2.44. The maximum absolute atomic E-state index is 2.47. The molecule has 1 fully saturated rings. The van der Waals surface area contributed by atoms with Crippen molar-refractivity contribution in [1.82, 2.24) is 4.57 Å². The van der Waals surface area contributed by atoms with Crippen LogP contribution < -0.4 is 0 Å². The van der Waals surface area contributed by atoms with Crippen LogP contribution in [0.5, 0.6) is 0 Å². The van der Waals surface area contributed by atoms with Crippen LogP contribution >= 0.6 is 0 Å². The third-order valence-electron chi connectivity index (χ3n) is 4.83. The Morgan fingerprint density at radius 2 is 1.78 bits per heavy atom. The Labute approximate surface area is 108 Å². The summed E-state index contributed by atoms with van der Waals surface area (Å²) in [6, 6.07) is 9.05. The van der Waals surface area contributed by atoms with Crippen molar-refractivity contribution in [2.75, 3.05) is 0 Å². The Morgan fingerprint density at radius 3 is 2.61 bits per heavy atom. The fourth-order valence-electron chi connectivity index (χ4n) is 3.85. The van der Waals surface area contributed by atoms with E-state index in [1.54, 1.807) is 5.56 Å². The van der Waals surface area contributed by atoms with Crippen LogP contribution in [-0.4, -0.2) is 4.57 Å². The molecule has 0 saturated heterocycles. The van der Waals surface area contributed by atoms with Crippen molar-refractivity contribution in [3.8, 4) is 0 Å². The molecule has 1 aliphatic heterocycles. The van der Waals surface area contributed by atoms with E-state index in [1.165, 1.54) is 49.4 Å². The highest BCUT2D eigenvalue weighted by Gasteiger charge is 2.34. The van der Waals surface area contributed by atoms with Crippen LogP contribution in [0, 0.1) is 0 Å². The summed E-state index contributed by atoms with van der Waals surface area (Å²) in [6.07, 6.45) is 15.2. The fourth-order valence-corrected chi connectivity index (χ4v) is 3.85. The molecule has 18 heavy (non-hydrogen) atoms. The number of benzene rings is 1. The summed E-state index contributed by atoms with van der Waals surface area (Å²) >= 11 is 0. The Bertz CT molecular complexity index is 610. The van der Waals surface area contributed by atoms with Crippen LogP contribution in [0.25, 0.3) is 17.1 Å². The van der Waals surface area contributed by atoms with Crippen LogP contribution in [0.2, 0.25) is 0 Å². The average molecular weight is 237 g/mol. The molecule has 0 atom stereocenters. The maximum atomic E-state index is 2.47. The molecular formula is C17H19N. The standard InChI is InChI=1S/C17H19N/c1-2-4-10-17(9-3-1)11-13-18-12-8-14-6-5-7-15(17)16(14)18/h5-8,11-13H,1-4,9-10H2. The highest BCUT2D eigenvalue weighted by molar-refractivity contribution is 5.88. The second-order valence-electron chi connectivity index (χ2n) is 5.85. The summed E-state index contributed by atoms with van der Waals surface area (Å²) in [7, 11) is 0. The average Bonchev–Trinajstić information content (AvgIpc) is 2.68. The number of aromatic nitrogens is 1. The highest BCUT2D eigenvalue weighted by atomic mass is 14.9. The van der Waals surface area contributed by atoms with Crippen LogP contribution in [-0.2, 0) is 5.41 Å². The Balaban J connectivity index is 1.97. The maximum Gasteiger partial charge on any atom is 0.0562 e. The van der Waals surface area contributed by atoms with E-state index < -0.39 is 0 Å². The number of rotatable bonds is 0. The van der Waals surface area contributed by atoms with Gasteiger partial charge in [-0.15, -0.1) is 0 Å². The number of hydrogen-bond donors (Lipinski definition) is 0. The molecule has 1 aliphatic carbocycles. The SMILES string of the molecule is C1=CC2(CCCCCC2)c2cccc3ccn1c23. The van der Waals surface area contributed by atoms with Gasteiger partial charge in [0.05, 0.1) is 5.52 Å². The molecule has 0 amide bonds. The lowest BCUT2D eigenvalue weighted by molar-refractivity contribution is 0.463. The summed E-state index contributed by atoms with van der Waals surface area (Å²) in [4.78, 5) is 0. The van der Waals surface area contributed by atoms with Crippen LogP contribution in [0.15, 0.2) is 36.5 Å². The van der Waals surface area contributed by atoms with Gasteiger partial charge in [-0.05, 0) is 24.5 Å². The van der Waals surface area contributed by atoms with Gasteiger partial charge in [-0.3, -0.25) is 0 Å². The van der Waals surface area contributed by atoms with E-state index in [9.17, 15) is 0 Å². The van der Waals surface area contributed by atoms with Gasteiger partial charge in [0.25, 0.3) is 0 Å². The van der Waals surface area contributed by atoms with Crippen molar-refractivity contribution in [1.29, 1.82) is 0 Å². The van der Waals surface area contributed by atoms with Gasteiger partial charge in [-0.25, -0.2) is 0 Å². The second kappa shape index (κ2) is 3.74. The first-order chi connectivity index (χ1) is 8.89. The van der Waals surface area contributed by atoms with Crippen LogP contribution in [0.3, 0.4) is 0 Å². The van der Waals surface area contributed by atoms with E-state index in [2.05, 4.69) is 47.3 Å². The van der Waals surface area contributed by atoms with Gasteiger partial charge in [-0.2, -0.15) is 0 Å². The number of para-hydroxylation sites is 1. The summed E-state index contributed by atoms with van der Waals surface area (Å²) in [5, 5.41) is 1.39. The Morgan fingerprint density at radius 1 is 0.944 bits per heavy atom. The van der Waals surface area contributed by atoms with Crippen molar-refractivity contribution < 1.29 is 0 Å². The van der Waals surface area contributed by atoms with E-state index in [0.717, 1.165) is 0 Å². The molecular weight excluding hydrogens is 218 g/mol. The molecule has 1 aromatic heterocycles. The monoisotopic (exact) mass is 237 g/mol. The zero-order chi connectivity index (χ0) is 12.0. The van der Waals surface area contributed by atoms with Gasteiger partial charge in [-0.1, -0.05) is 50.0 Å². The minimum atomic E-state index is 0.324. The molecule has 0 radical (unpaired) electrons. The zero-order valence-corrected chi connectivity index (χ0v) is 10.7. The van der Waals surface area contributed by atoms with Gasteiger partial charge in [0, 0.05) is 23.2 Å². The number of allylic oxidation sites excluding steroid dienone is 1. The third-order valence-corrected chi connectivity index (χ3v) is 4.83. The molecule has 0 bridgehead atoms. The Hall–Kier alpha value is -1.50. The number of fused-ring (bicyclic) bond motifs is 1. The van der Waals surface area contributed by atoms with E-state index in [-0.39, 0.29) is 0 Å². The van der Waals surface area contributed by atoms with Gasteiger partial charge in [0.2, 0.25) is 0 Å². The minimum Gasteiger partial charge on any atom is -0.323 e. The van der Waals surface area contributed by atoms with Crippen LogP contribution in [0.1, 0.15) is 44.1 Å². The molecule has 92 valence electrons. The molecule has 2 aliphatic rings. The zero-order valence-electron chi connectivity index (χ0n) is 10.7. The van der Waals surface area contributed by atoms with Crippen molar-refractivity contribution in [3.05, 3.63) is 42.1 Å². The fraction of sp³-hybridized carbons (Fsp3) is 0.412. The Kier molecular flexibility index (Phi) is 2.17.